The van der Waals surface area contributed by atoms with E-state index < -0.39 is 0 Å². The Labute approximate surface area is 176 Å². The number of esters is 1. The standard InChI is InChI=1S/C25H24O3S/c1-18-7-6-10-21(15-18)25(27)20-11-13-23(14-12-20)29-17-22(16-24(26)28-2)19-8-4-3-5-9-19/h3-15,22H,16-17H2,1-2H3. The maximum Gasteiger partial charge on any atom is 0.306 e. The van der Waals surface area contributed by atoms with Crippen molar-refractivity contribution >= 4 is 23.5 Å². The summed E-state index contributed by atoms with van der Waals surface area (Å²) in [6.45, 7) is 1.98. The molecular formula is C25H24O3S. The van der Waals surface area contributed by atoms with Crippen LogP contribution in [0.1, 0.15) is 39.4 Å². The number of carbonyl (C=O) groups is 2. The average molecular weight is 405 g/mol. The molecule has 0 N–H and O–H groups in total. The number of ether oxygens (including phenoxy) is 1. The molecule has 4 heteroatoms. The molecule has 148 valence electrons. The van der Waals surface area contributed by atoms with Crippen molar-refractivity contribution in [2.75, 3.05) is 12.9 Å². The van der Waals surface area contributed by atoms with Crippen LogP contribution in [0.4, 0.5) is 0 Å². The molecule has 3 nitrogen and oxygen atoms in total. The Balaban J connectivity index is 1.68. The topological polar surface area (TPSA) is 43.4 Å². The lowest BCUT2D eigenvalue weighted by molar-refractivity contribution is -0.140. The molecule has 0 spiro atoms. The Morgan fingerprint density at radius 2 is 1.62 bits per heavy atom. The third-order valence-electron chi connectivity index (χ3n) is 4.76. The second-order valence-electron chi connectivity index (χ2n) is 6.92. The molecule has 0 aromatic heterocycles. The zero-order chi connectivity index (χ0) is 20.6. The van der Waals surface area contributed by atoms with Crippen LogP contribution in [0.2, 0.25) is 0 Å². The predicted octanol–water partition coefficient (Wildman–Crippen LogP) is 5.67. The first kappa shape index (κ1) is 20.9. The van der Waals surface area contributed by atoms with Crippen LogP contribution in [0.5, 0.6) is 0 Å². The van der Waals surface area contributed by atoms with E-state index in [-0.39, 0.29) is 17.7 Å². The highest BCUT2D eigenvalue weighted by atomic mass is 32.2. The van der Waals surface area contributed by atoms with Crippen molar-refractivity contribution in [2.24, 2.45) is 0 Å². The summed E-state index contributed by atoms with van der Waals surface area (Å²) in [6.07, 6.45) is 0.345. The smallest absolute Gasteiger partial charge is 0.306 e. The number of rotatable bonds is 8. The molecule has 0 radical (unpaired) electrons. The summed E-state index contributed by atoms with van der Waals surface area (Å²) >= 11 is 1.68. The third-order valence-corrected chi connectivity index (χ3v) is 5.93. The molecule has 0 amide bonds. The zero-order valence-corrected chi connectivity index (χ0v) is 17.4. The van der Waals surface area contributed by atoms with Gasteiger partial charge in [-0.05, 0) is 42.8 Å². The number of ketones is 1. The van der Waals surface area contributed by atoms with E-state index in [0.29, 0.717) is 17.5 Å². The highest BCUT2D eigenvalue weighted by molar-refractivity contribution is 7.99. The van der Waals surface area contributed by atoms with E-state index in [9.17, 15) is 9.59 Å². The first-order valence-electron chi connectivity index (χ1n) is 9.53. The van der Waals surface area contributed by atoms with Gasteiger partial charge in [-0.15, -0.1) is 11.8 Å². The summed E-state index contributed by atoms with van der Waals surface area (Å²) in [7, 11) is 1.42. The van der Waals surface area contributed by atoms with Crippen LogP contribution in [-0.2, 0) is 9.53 Å². The maximum atomic E-state index is 12.7. The molecular weight excluding hydrogens is 380 g/mol. The zero-order valence-electron chi connectivity index (χ0n) is 16.6. The van der Waals surface area contributed by atoms with Crippen LogP contribution < -0.4 is 0 Å². The average Bonchev–Trinajstić information content (AvgIpc) is 2.77. The Bertz CT molecular complexity index is 965. The molecule has 0 heterocycles. The molecule has 0 aliphatic heterocycles. The van der Waals surface area contributed by atoms with E-state index in [0.717, 1.165) is 21.8 Å². The second-order valence-corrected chi connectivity index (χ2v) is 8.02. The first-order chi connectivity index (χ1) is 14.1. The third kappa shape index (κ3) is 5.81. The van der Waals surface area contributed by atoms with Crippen LogP contribution in [0.25, 0.3) is 0 Å². The van der Waals surface area contributed by atoms with Gasteiger partial charge in [0, 0.05) is 27.7 Å². The largest absolute Gasteiger partial charge is 0.469 e. The fraction of sp³-hybridized carbons (Fsp3) is 0.200. The lowest BCUT2D eigenvalue weighted by atomic mass is 9.98. The van der Waals surface area contributed by atoms with E-state index in [1.807, 2.05) is 85.8 Å². The van der Waals surface area contributed by atoms with Crippen molar-refractivity contribution in [3.63, 3.8) is 0 Å². The Morgan fingerprint density at radius 3 is 2.28 bits per heavy atom. The highest BCUT2D eigenvalue weighted by Crippen LogP contribution is 2.29. The summed E-state index contributed by atoms with van der Waals surface area (Å²) in [5.41, 5.74) is 3.57. The number of methoxy groups -OCH3 is 1. The lowest BCUT2D eigenvalue weighted by Crippen LogP contribution is -2.10. The van der Waals surface area contributed by atoms with Gasteiger partial charge in [0.15, 0.2) is 5.78 Å². The SMILES string of the molecule is COC(=O)CC(CSc1ccc(C(=O)c2cccc(C)c2)cc1)c1ccccc1. The predicted molar refractivity (Wildman–Crippen MR) is 118 cm³/mol. The summed E-state index contributed by atoms with van der Waals surface area (Å²) < 4.78 is 4.86. The molecule has 1 atom stereocenters. The van der Waals surface area contributed by atoms with E-state index in [1.165, 1.54) is 7.11 Å². The van der Waals surface area contributed by atoms with Crippen LogP contribution in [-0.4, -0.2) is 24.6 Å². The molecule has 3 aromatic carbocycles. The second kappa shape index (κ2) is 10.1. The first-order valence-corrected chi connectivity index (χ1v) is 10.5. The number of aryl methyl sites for hydroxylation is 1. The van der Waals surface area contributed by atoms with Gasteiger partial charge < -0.3 is 4.74 Å². The molecule has 0 saturated carbocycles. The van der Waals surface area contributed by atoms with Gasteiger partial charge in [-0.3, -0.25) is 9.59 Å². The van der Waals surface area contributed by atoms with Crippen molar-refractivity contribution < 1.29 is 14.3 Å². The minimum atomic E-state index is -0.210. The van der Waals surface area contributed by atoms with Crippen molar-refractivity contribution in [1.82, 2.24) is 0 Å². The van der Waals surface area contributed by atoms with E-state index in [4.69, 9.17) is 4.74 Å². The highest BCUT2D eigenvalue weighted by Gasteiger charge is 2.17. The monoisotopic (exact) mass is 404 g/mol. The Hall–Kier alpha value is -2.85. The van der Waals surface area contributed by atoms with Gasteiger partial charge in [-0.2, -0.15) is 0 Å². The van der Waals surface area contributed by atoms with Crippen LogP contribution in [0.3, 0.4) is 0 Å². The lowest BCUT2D eigenvalue weighted by Gasteiger charge is -2.16. The van der Waals surface area contributed by atoms with Crippen molar-refractivity contribution in [1.29, 1.82) is 0 Å². The van der Waals surface area contributed by atoms with E-state index >= 15 is 0 Å². The molecule has 0 fully saturated rings. The number of thioether (sulfide) groups is 1. The number of hydrogen-bond acceptors (Lipinski definition) is 4. The molecule has 0 saturated heterocycles. The molecule has 1 unspecified atom stereocenters. The number of benzene rings is 3. The summed E-state index contributed by atoms with van der Waals surface area (Å²) in [5.74, 6) is 0.642. The number of carbonyl (C=O) groups excluding carboxylic acids is 2. The van der Waals surface area contributed by atoms with Crippen LogP contribution in [0, 0.1) is 6.92 Å². The summed E-state index contributed by atoms with van der Waals surface area (Å²) in [4.78, 5) is 25.5. The minimum Gasteiger partial charge on any atom is -0.469 e. The van der Waals surface area contributed by atoms with E-state index in [2.05, 4.69) is 0 Å². The fourth-order valence-corrected chi connectivity index (χ4v) is 4.17. The van der Waals surface area contributed by atoms with Gasteiger partial charge in [-0.25, -0.2) is 0 Å². The Kier molecular flexibility index (Phi) is 7.25. The molecule has 0 aliphatic carbocycles. The van der Waals surface area contributed by atoms with Gasteiger partial charge in [0.05, 0.1) is 13.5 Å². The quantitative estimate of drug-likeness (QED) is 0.276. The molecule has 3 aromatic rings. The van der Waals surface area contributed by atoms with Crippen LogP contribution >= 0.6 is 11.8 Å². The summed E-state index contributed by atoms with van der Waals surface area (Å²) in [6, 6.07) is 25.3. The van der Waals surface area contributed by atoms with Crippen LogP contribution in [0.15, 0.2) is 83.8 Å². The van der Waals surface area contributed by atoms with Gasteiger partial charge in [-0.1, -0.05) is 54.1 Å². The van der Waals surface area contributed by atoms with Gasteiger partial charge in [0.25, 0.3) is 0 Å². The molecule has 0 aliphatic rings. The number of hydrogen-bond donors (Lipinski definition) is 0. The van der Waals surface area contributed by atoms with Crippen molar-refractivity contribution in [3.05, 3.63) is 101 Å². The van der Waals surface area contributed by atoms with Crippen molar-refractivity contribution in [2.45, 2.75) is 24.2 Å². The normalized spacial score (nSPS) is 11.7. The van der Waals surface area contributed by atoms with Gasteiger partial charge >= 0.3 is 5.97 Å². The minimum absolute atomic E-state index is 0.0260. The molecule has 29 heavy (non-hydrogen) atoms. The Morgan fingerprint density at radius 1 is 0.897 bits per heavy atom. The fourth-order valence-electron chi connectivity index (χ4n) is 3.14. The van der Waals surface area contributed by atoms with E-state index in [1.54, 1.807) is 11.8 Å². The molecule has 0 bridgehead atoms. The maximum absolute atomic E-state index is 12.7. The molecule has 3 rings (SSSR count). The summed E-state index contributed by atoms with van der Waals surface area (Å²) in [5, 5.41) is 0. The van der Waals surface area contributed by atoms with Gasteiger partial charge in [0.2, 0.25) is 0 Å². The van der Waals surface area contributed by atoms with Crippen molar-refractivity contribution in [3.8, 4) is 0 Å². The van der Waals surface area contributed by atoms with Gasteiger partial charge in [0.1, 0.15) is 0 Å².